The van der Waals surface area contributed by atoms with Crippen LogP contribution in [0.5, 0.6) is 0 Å². The third-order valence-electron chi connectivity index (χ3n) is 2.33. The molecule has 0 aromatic carbocycles. The molecule has 0 aliphatic heterocycles. The van der Waals surface area contributed by atoms with E-state index in [0.29, 0.717) is 6.04 Å². The highest BCUT2D eigenvalue weighted by Crippen LogP contribution is 2.11. The average molecular weight is 213 g/mol. The average Bonchev–Trinajstić information content (AvgIpc) is 2.08. The summed E-state index contributed by atoms with van der Waals surface area (Å²) in [5, 5.41) is 3.17. The molecule has 0 aliphatic rings. The van der Waals surface area contributed by atoms with Crippen molar-refractivity contribution in [2.75, 3.05) is 19.6 Å². The summed E-state index contributed by atoms with van der Waals surface area (Å²) in [7, 11) is 0. The van der Waals surface area contributed by atoms with Gasteiger partial charge in [-0.1, -0.05) is 6.92 Å². The summed E-state index contributed by atoms with van der Waals surface area (Å²) in [6.45, 7) is 16.1. The van der Waals surface area contributed by atoms with Crippen molar-refractivity contribution in [3.8, 4) is 0 Å². The lowest BCUT2D eigenvalue weighted by Crippen LogP contribution is -2.42. The zero-order valence-electron chi connectivity index (χ0n) is 11.2. The van der Waals surface area contributed by atoms with Crippen LogP contribution in [-0.2, 0) is 0 Å². The van der Waals surface area contributed by atoms with Gasteiger partial charge in [-0.2, -0.15) is 0 Å². The van der Waals surface area contributed by atoms with Crippen LogP contribution in [0.15, 0.2) is 4.99 Å². The topological polar surface area (TPSA) is 27.6 Å². The van der Waals surface area contributed by atoms with Gasteiger partial charge in [0.2, 0.25) is 0 Å². The minimum atomic E-state index is 0.246. The summed E-state index contributed by atoms with van der Waals surface area (Å²) >= 11 is 0. The monoisotopic (exact) mass is 213 g/mol. The molecule has 0 unspecified atom stereocenters. The maximum atomic E-state index is 4.34. The number of rotatable bonds is 6. The number of aliphatic imine (C=N–C) groups is 1. The van der Waals surface area contributed by atoms with Gasteiger partial charge in [0.25, 0.3) is 0 Å². The van der Waals surface area contributed by atoms with E-state index in [1.165, 1.54) is 0 Å². The van der Waals surface area contributed by atoms with Crippen LogP contribution in [-0.4, -0.2) is 42.5 Å². The fourth-order valence-corrected chi connectivity index (χ4v) is 1.41. The highest BCUT2D eigenvalue weighted by atomic mass is 15.2. The van der Waals surface area contributed by atoms with Gasteiger partial charge in [-0.3, -0.25) is 9.89 Å². The third kappa shape index (κ3) is 7.37. The molecular weight excluding hydrogens is 186 g/mol. The van der Waals surface area contributed by atoms with Crippen molar-refractivity contribution in [3.63, 3.8) is 0 Å². The molecule has 0 amide bonds. The van der Waals surface area contributed by atoms with E-state index < -0.39 is 0 Å². The van der Waals surface area contributed by atoms with Crippen molar-refractivity contribution in [3.05, 3.63) is 0 Å². The zero-order valence-corrected chi connectivity index (χ0v) is 11.2. The van der Waals surface area contributed by atoms with E-state index in [4.69, 9.17) is 0 Å². The van der Waals surface area contributed by atoms with Gasteiger partial charge in [0, 0.05) is 18.1 Å². The molecule has 0 saturated carbocycles. The molecule has 3 heteroatoms. The fourth-order valence-electron chi connectivity index (χ4n) is 1.41. The first-order valence-electron chi connectivity index (χ1n) is 5.87. The minimum absolute atomic E-state index is 0.246. The van der Waals surface area contributed by atoms with E-state index in [9.17, 15) is 0 Å². The molecule has 0 spiro atoms. The number of likely N-dealkylation sites (N-methyl/N-ethyl adjacent to an activating group) is 1. The summed E-state index contributed by atoms with van der Waals surface area (Å²) in [5.41, 5.74) is 0.246. The highest BCUT2D eigenvalue weighted by molar-refractivity contribution is 5.54. The van der Waals surface area contributed by atoms with E-state index in [-0.39, 0.29) is 5.54 Å². The van der Waals surface area contributed by atoms with Gasteiger partial charge in [-0.05, 0) is 41.2 Å². The first kappa shape index (κ1) is 14.4. The zero-order chi connectivity index (χ0) is 11.9. The Bertz CT molecular complexity index is 180. The quantitative estimate of drug-likeness (QED) is 0.541. The molecule has 0 radical (unpaired) electrons. The van der Waals surface area contributed by atoms with Crippen LogP contribution in [0.4, 0.5) is 0 Å². The van der Waals surface area contributed by atoms with E-state index in [0.717, 1.165) is 19.6 Å². The minimum Gasteiger partial charge on any atom is -0.374 e. The van der Waals surface area contributed by atoms with Crippen molar-refractivity contribution in [2.24, 2.45) is 4.99 Å². The molecule has 0 aromatic heterocycles. The largest absolute Gasteiger partial charge is 0.374 e. The van der Waals surface area contributed by atoms with Gasteiger partial charge in [0.05, 0.1) is 12.9 Å². The second-order valence-corrected chi connectivity index (χ2v) is 5.11. The lowest BCUT2D eigenvalue weighted by molar-refractivity contribution is 0.150. The molecule has 0 saturated heterocycles. The molecule has 1 N–H and O–H groups in total. The van der Waals surface area contributed by atoms with E-state index in [1.54, 1.807) is 0 Å². The molecule has 0 atom stereocenters. The van der Waals surface area contributed by atoms with Gasteiger partial charge in [-0.25, -0.2) is 0 Å². The molecule has 0 aliphatic carbocycles. The van der Waals surface area contributed by atoms with Crippen LogP contribution in [0.1, 0.15) is 41.5 Å². The molecule has 3 nitrogen and oxygen atoms in total. The van der Waals surface area contributed by atoms with Crippen molar-refractivity contribution in [1.29, 1.82) is 0 Å². The van der Waals surface area contributed by atoms with Crippen LogP contribution in [0, 0.1) is 0 Å². The van der Waals surface area contributed by atoms with E-state index >= 15 is 0 Å². The summed E-state index contributed by atoms with van der Waals surface area (Å²) in [5.74, 6) is 0. The molecule has 0 rings (SSSR count). The van der Waals surface area contributed by atoms with Crippen LogP contribution in [0.25, 0.3) is 0 Å². The number of hydrogen-bond acceptors (Lipinski definition) is 2. The first-order chi connectivity index (χ1) is 6.88. The maximum absolute atomic E-state index is 4.34. The second kappa shape index (κ2) is 6.83. The van der Waals surface area contributed by atoms with Gasteiger partial charge in [0.1, 0.15) is 0 Å². The summed E-state index contributed by atoms with van der Waals surface area (Å²) in [6, 6.07) is 0.471. The Morgan fingerprint density at radius 1 is 1.33 bits per heavy atom. The first-order valence-corrected chi connectivity index (χ1v) is 5.87. The van der Waals surface area contributed by atoms with Crippen molar-refractivity contribution < 1.29 is 0 Å². The summed E-state index contributed by atoms with van der Waals surface area (Å²) in [4.78, 5) is 6.77. The molecule has 0 aromatic rings. The van der Waals surface area contributed by atoms with Gasteiger partial charge in [0.15, 0.2) is 0 Å². The molecule has 15 heavy (non-hydrogen) atoms. The lowest BCUT2D eigenvalue weighted by atomic mass is 10.1. The Morgan fingerprint density at radius 3 is 2.33 bits per heavy atom. The third-order valence-corrected chi connectivity index (χ3v) is 2.33. The van der Waals surface area contributed by atoms with Crippen molar-refractivity contribution in [2.45, 2.75) is 53.1 Å². The Balaban J connectivity index is 3.78. The Labute approximate surface area is 95.0 Å². The second-order valence-electron chi connectivity index (χ2n) is 5.11. The van der Waals surface area contributed by atoms with Crippen LogP contribution < -0.4 is 5.32 Å². The Kier molecular flexibility index (Phi) is 6.57. The van der Waals surface area contributed by atoms with Gasteiger partial charge < -0.3 is 5.32 Å². The normalized spacial score (nSPS) is 13.1. The van der Waals surface area contributed by atoms with Gasteiger partial charge >= 0.3 is 0 Å². The van der Waals surface area contributed by atoms with Gasteiger partial charge in [-0.15, -0.1) is 0 Å². The lowest BCUT2D eigenvalue weighted by Gasteiger charge is -2.34. The fraction of sp³-hybridized carbons (Fsp3) is 0.917. The highest BCUT2D eigenvalue weighted by Gasteiger charge is 2.18. The van der Waals surface area contributed by atoms with E-state index in [1.807, 2.05) is 6.34 Å². The van der Waals surface area contributed by atoms with Crippen molar-refractivity contribution >= 4 is 6.34 Å². The van der Waals surface area contributed by atoms with Crippen molar-refractivity contribution in [1.82, 2.24) is 10.2 Å². The predicted molar refractivity (Wildman–Crippen MR) is 68.6 cm³/mol. The number of nitrogens with zero attached hydrogens (tertiary/aromatic N) is 2. The molecule has 90 valence electrons. The van der Waals surface area contributed by atoms with Crippen LogP contribution in [0.3, 0.4) is 0 Å². The summed E-state index contributed by atoms with van der Waals surface area (Å²) < 4.78 is 0. The standard InChI is InChI=1S/C12H27N3/c1-7-15(12(4,5)6)9-8-13-10-14-11(2)3/h10-11H,7-9H2,1-6H3,(H,13,14). The number of hydrogen-bond donors (Lipinski definition) is 1. The van der Waals surface area contributed by atoms with Crippen LogP contribution in [0.2, 0.25) is 0 Å². The summed E-state index contributed by atoms with van der Waals surface area (Å²) in [6.07, 6.45) is 1.82. The molecule has 0 bridgehead atoms. The Hall–Kier alpha value is -0.570. The number of nitrogens with one attached hydrogen (secondary N) is 1. The Morgan fingerprint density at radius 2 is 1.93 bits per heavy atom. The van der Waals surface area contributed by atoms with E-state index in [2.05, 4.69) is 56.8 Å². The molecule has 0 heterocycles. The smallest absolute Gasteiger partial charge is 0.0826 e. The molecule has 0 fully saturated rings. The predicted octanol–water partition coefficient (Wildman–Crippen LogP) is 2.13. The SMILES string of the molecule is CCN(CCN=CNC(C)C)C(C)(C)C. The maximum Gasteiger partial charge on any atom is 0.0826 e. The molecular formula is C12H27N3. The van der Waals surface area contributed by atoms with Crippen LogP contribution >= 0.6 is 0 Å².